The fourth-order valence-corrected chi connectivity index (χ4v) is 2.22. The van der Waals surface area contributed by atoms with Crippen molar-refractivity contribution in [2.75, 3.05) is 5.75 Å². The Balaban J connectivity index is 3.51. The Hall–Kier alpha value is -0.180. The van der Waals surface area contributed by atoms with Gasteiger partial charge in [-0.3, -0.25) is 9.62 Å². The molecule has 0 aliphatic rings. The van der Waals surface area contributed by atoms with Gasteiger partial charge in [0.1, 0.15) is 0 Å². The van der Waals surface area contributed by atoms with Crippen molar-refractivity contribution < 1.29 is 4.21 Å². The number of nitrogens with one attached hydrogen (secondary N) is 1. The molecule has 0 aromatic heterocycles. The van der Waals surface area contributed by atoms with Gasteiger partial charge in [0.2, 0.25) is 0 Å². The van der Waals surface area contributed by atoms with Gasteiger partial charge in [-0.25, -0.2) is 0 Å². The summed E-state index contributed by atoms with van der Waals surface area (Å²) in [5, 5.41) is 8.00. The van der Waals surface area contributed by atoms with Gasteiger partial charge in [0.05, 0.1) is 15.8 Å². The molecule has 3 heteroatoms. The molecule has 0 heterocycles. The van der Waals surface area contributed by atoms with Crippen LogP contribution in [0.1, 0.15) is 52.4 Å². The number of hydrogen-bond donors (Lipinski definition) is 1. The minimum atomic E-state index is -0.985. The van der Waals surface area contributed by atoms with Crippen molar-refractivity contribution in [3.05, 3.63) is 0 Å². The van der Waals surface area contributed by atoms with Crippen LogP contribution in [-0.4, -0.2) is 15.0 Å². The van der Waals surface area contributed by atoms with E-state index in [9.17, 15) is 4.21 Å². The second-order valence-corrected chi connectivity index (χ2v) is 4.88. The molecule has 0 aliphatic heterocycles. The van der Waals surface area contributed by atoms with E-state index >= 15 is 0 Å². The molecule has 0 saturated carbocycles. The Morgan fingerprint density at radius 3 is 2.31 bits per heavy atom. The van der Waals surface area contributed by atoms with Crippen molar-refractivity contribution in [3.8, 4) is 0 Å². The van der Waals surface area contributed by atoms with Gasteiger partial charge in [0.15, 0.2) is 0 Å². The van der Waals surface area contributed by atoms with Crippen LogP contribution in [0, 0.1) is 5.41 Å². The molecule has 1 N–H and O–H groups in total. The van der Waals surface area contributed by atoms with Crippen LogP contribution in [0.4, 0.5) is 0 Å². The molecule has 0 aromatic rings. The highest BCUT2D eigenvalue weighted by molar-refractivity contribution is 8.00. The smallest absolute Gasteiger partial charge is 0.0951 e. The SMILES string of the molecule is CCCCCC(=N)S(=O)CCCC. The van der Waals surface area contributed by atoms with Gasteiger partial charge in [-0.2, -0.15) is 0 Å². The maximum absolute atomic E-state index is 11.4. The Kier molecular flexibility index (Phi) is 8.30. The molecule has 0 radical (unpaired) electrons. The summed E-state index contributed by atoms with van der Waals surface area (Å²) >= 11 is 0. The van der Waals surface area contributed by atoms with Crippen LogP contribution in [0.25, 0.3) is 0 Å². The third kappa shape index (κ3) is 6.94. The molecule has 1 atom stereocenters. The summed E-state index contributed by atoms with van der Waals surface area (Å²) in [5.74, 6) is 0.682. The molecular weight excluding hydrogens is 182 g/mol. The highest BCUT2D eigenvalue weighted by atomic mass is 32.2. The summed E-state index contributed by atoms with van der Waals surface area (Å²) < 4.78 is 11.4. The highest BCUT2D eigenvalue weighted by Crippen LogP contribution is 2.03. The first-order valence-electron chi connectivity index (χ1n) is 5.18. The summed E-state index contributed by atoms with van der Waals surface area (Å²) in [5.41, 5.74) is 0. The van der Waals surface area contributed by atoms with Crippen LogP contribution in [0.5, 0.6) is 0 Å². The maximum Gasteiger partial charge on any atom is 0.0951 e. The highest BCUT2D eigenvalue weighted by Gasteiger charge is 2.05. The van der Waals surface area contributed by atoms with Crippen molar-refractivity contribution in [2.24, 2.45) is 0 Å². The van der Waals surface area contributed by atoms with Gasteiger partial charge in [-0.15, -0.1) is 0 Å². The number of rotatable bonds is 7. The van der Waals surface area contributed by atoms with Gasteiger partial charge in [0.25, 0.3) is 0 Å². The topological polar surface area (TPSA) is 40.9 Å². The zero-order valence-corrected chi connectivity index (χ0v) is 9.58. The van der Waals surface area contributed by atoms with Gasteiger partial charge < -0.3 is 0 Å². The van der Waals surface area contributed by atoms with E-state index in [2.05, 4.69) is 13.8 Å². The fourth-order valence-electron chi connectivity index (χ4n) is 1.05. The standard InChI is InChI=1S/C10H21NOS/c1-3-5-7-8-10(11)13(12)9-6-4-2/h11H,3-9H2,1-2H3. The minimum Gasteiger partial charge on any atom is -0.296 e. The quantitative estimate of drug-likeness (QED) is 0.385. The van der Waals surface area contributed by atoms with E-state index in [0.717, 1.165) is 38.5 Å². The van der Waals surface area contributed by atoms with Crippen LogP contribution in [0.2, 0.25) is 0 Å². The third-order valence-corrected chi connectivity index (χ3v) is 3.38. The van der Waals surface area contributed by atoms with Crippen molar-refractivity contribution in [3.63, 3.8) is 0 Å². The zero-order chi connectivity index (χ0) is 10.1. The summed E-state index contributed by atoms with van der Waals surface area (Å²) in [4.78, 5) is 0. The second kappa shape index (κ2) is 8.42. The average molecular weight is 203 g/mol. The van der Waals surface area contributed by atoms with Gasteiger partial charge >= 0.3 is 0 Å². The summed E-state index contributed by atoms with van der Waals surface area (Å²) in [7, 11) is -0.985. The van der Waals surface area contributed by atoms with Crippen LogP contribution in [-0.2, 0) is 10.8 Å². The molecule has 2 nitrogen and oxygen atoms in total. The Morgan fingerprint density at radius 2 is 1.77 bits per heavy atom. The molecule has 13 heavy (non-hydrogen) atoms. The van der Waals surface area contributed by atoms with Crippen molar-refractivity contribution in [2.45, 2.75) is 52.4 Å². The predicted octanol–water partition coefficient (Wildman–Crippen LogP) is 3.09. The maximum atomic E-state index is 11.4. The van der Waals surface area contributed by atoms with E-state index in [0.29, 0.717) is 10.8 Å². The predicted molar refractivity (Wildman–Crippen MR) is 59.8 cm³/mol. The largest absolute Gasteiger partial charge is 0.296 e. The lowest BCUT2D eigenvalue weighted by Gasteiger charge is -2.02. The normalized spacial score (nSPS) is 12.8. The zero-order valence-electron chi connectivity index (χ0n) is 8.77. The van der Waals surface area contributed by atoms with E-state index in [1.807, 2.05) is 0 Å². The molecule has 0 aliphatic carbocycles. The Labute approximate surface area is 84.1 Å². The lowest BCUT2D eigenvalue weighted by atomic mass is 10.2. The molecule has 0 aromatic carbocycles. The first-order chi connectivity index (χ1) is 6.22. The molecule has 1 unspecified atom stereocenters. The lowest BCUT2D eigenvalue weighted by Crippen LogP contribution is -2.09. The lowest BCUT2D eigenvalue weighted by molar-refractivity contribution is 0.684. The van der Waals surface area contributed by atoms with E-state index in [1.54, 1.807) is 0 Å². The first-order valence-corrected chi connectivity index (χ1v) is 6.50. The van der Waals surface area contributed by atoms with Crippen molar-refractivity contribution in [1.29, 1.82) is 5.41 Å². The van der Waals surface area contributed by atoms with Gasteiger partial charge in [-0.05, 0) is 19.3 Å². The molecule has 0 fully saturated rings. The summed E-state index contributed by atoms with van der Waals surface area (Å²) in [6.07, 6.45) is 6.09. The fraction of sp³-hybridized carbons (Fsp3) is 0.900. The molecular formula is C10H21NOS. The Morgan fingerprint density at radius 1 is 1.15 bits per heavy atom. The number of unbranched alkanes of at least 4 members (excludes halogenated alkanes) is 3. The molecule has 0 saturated heterocycles. The molecule has 0 bridgehead atoms. The van der Waals surface area contributed by atoms with E-state index in [-0.39, 0.29) is 0 Å². The number of hydrogen-bond acceptors (Lipinski definition) is 2. The Bertz CT molecular complexity index is 168. The van der Waals surface area contributed by atoms with Crippen molar-refractivity contribution >= 4 is 15.8 Å². The van der Waals surface area contributed by atoms with Crippen LogP contribution in [0.15, 0.2) is 0 Å². The molecule has 0 amide bonds. The molecule has 0 spiro atoms. The van der Waals surface area contributed by atoms with Crippen LogP contribution in [0.3, 0.4) is 0 Å². The van der Waals surface area contributed by atoms with E-state index in [4.69, 9.17) is 5.41 Å². The summed E-state index contributed by atoms with van der Waals surface area (Å²) in [6.45, 7) is 4.22. The first kappa shape index (κ1) is 12.8. The van der Waals surface area contributed by atoms with Gasteiger partial charge in [0, 0.05) is 5.75 Å². The van der Waals surface area contributed by atoms with E-state index in [1.165, 1.54) is 0 Å². The molecule has 78 valence electrons. The van der Waals surface area contributed by atoms with Gasteiger partial charge in [-0.1, -0.05) is 33.1 Å². The minimum absolute atomic E-state index is 0.446. The monoisotopic (exact) mass is 203 g/mol. The molecule has 0 rings (SSSR count). The van der Waals surface area contributed by atoms with Crippen LogP contribution >= 0.6 is 0 Å². The van der Waals surface area contributed by atoms with E-state index < -0.39 is 10.8 Å². The second-order valence-electron chi connectivity index (χ2n) is 3.28. The average Bonchev–Trinajstić information content (AvgIpc) is 2.14. The summed E-state index contributed by atoms with van der Waals surface area (Å²) in [6, 6.07) is 0. The van der Waals surface area contributed by atoms with Crippen LogP contribution < -0.4 is 0 Å². The third-order valence-electron chi connectivity index (χ3n) is 1.97. The van der Waals surface area contributed by atoms with Crippen molar-refractivity contribution in [1.82, 2.24) is 0 Å².